The van der Waals surface area contributed by atoms with Gasteiger partial charge in [-0.2, -0.15) is 0 Å². The Kier molecular flexibility index (Phi) is 6.25. The summed E-state index contributed by atoms with van der Waals surface area (Å²) in [6, 6.07) is 9.41. The summed E-state index contributed by atoms with van der Waals surface area (Å²) >= 11 is 0. The normalized spacial score (nSPS) is 40.4. The first-order valence-electron chi connectivity index (χ1n) is 11.9. The van der Waals surface area contributed by atoms with Gasteiger partial charge in [0, 0.05) is 23.8 Å². The Hall–Kier alpha value is -2.83. The van der Waals surface area contributed by atoms with Crippen LogP contribution in [0, 0.1) is 29.1 Å². The van der Waals surface area contributed by atoms with Crippen molar-refractivity contribution >= 4 is 17.5 Å². The first-order chi connectivity index (χ1) is 16.0. The second-order valence-corrected chi connectivity index (χ2v) is 10.3. The summed E-state index contributed by atoms with van der Waals surface area (Å²) < 4.78 is 0. The maximum atomic E-state index is 13.9. The van der Waals surface area contributed by atoms with E-state index >= 15 is 0 Å². The zero-order valence-corrected chi connectivity index (χ0v) is 19.9. The third-order valence-corrected chi connectivity index (χ3v) is 8.07. The van der Waals surface area contributed by atoms with Crippen molar-refractivity contribution in [1.82, 2.24) is 5.32 Å². The number of hydrogen-bond donors (Lipinski definition) is 3. The van der Waals surface area contributed by atoms with Crippen LogP contribution in [0.3, 0.4) is 0 Å². The van der Waals surface area contributed by atoms with Crippen LogP contribution in [0.1, 0.15) is 32.8 Å². The van der Waals surface area contributed by atoms with Crippen LogP contribution in [-0.2, 0) is 20.8 Å². The van der Waals surface area contributed by atoms with Crippen LogP contribution in [0.15, 0.2) is 66.8 Å². The highest BCUT2D eigenvalue weighted by molar-refractivity contribution is 6.14. The highest BCUT2D eigenvalue weighted by Gasteiger charge is 2.68. The SMILES string of the molecule is C=C1C(C)C2C(Cc3ccccc3)NC(=O)C23C(=O)C=CC(C)(O)C(=O)C(C)CC=CC3C1O. The fourth-order valence-electron chi connectivity index (χ4n) is 6.18. The molecule has 6 heteroatoms. The van der Waals surface area contributed by atoms with Crippen molar-refractivity contribution in [3.05, 3.63) is 72.4 Å². The standard InChI is InChI=1S/C28H33NO5/c1-16-9-8-12-20-24(31)18(3)17(2)23-21(15-19-10-6-5-7-11-19)29-26(33)28(20,23)22(30)13-14-27(4,34)25(16)32/h5-8,10-14,16-17,20-21,23-24,31,34H,3,9,15H2,1-2,4H3,(H,29,33). The van der Waals surface area contributed by atoms with Gasteiger partial charge in [-0.3, -0.25) is 14.4 Å². The van der Waals surface area contributed by atoms with Gasteiger partial charge >= 0.3 is 0 Å². The van der Waals surface area contributed by atoms with Crippen LogP contribution in [-0.4, -0.2) is 45.4 Å². The number of aliphatic hydroxyl groups excluding tert-OH is 1. The highest BCUT2D eigenvalue weighted by atomic mass is 16.3. The van der Waals surface area contributed by atoms with Gasteiger partial charge in [0.25, 0.3) is 0 Å². The minimum Gasteiger partial charge on any atom is -0.388 e. The third-order valence-electron chi connectivity index (χ3n) is 8.07. The van der Waals surface area contributed by atoms with Crippen molar-refractivity contribution in [2.24, 2.45) is 29.1 Å². The van der Waals surface area contributed by atoms with Crippen molar-refractivity contribution in [1.29, 1.82) is 0 Å². The zero-order valence-electron chi connectivity index (χ0n) is 19.9. The van der Waals surface area contributed by atoms with E-state index in [-0.39, 0.29) is 12.0 Å². The molecule has 34 heavy (non-hydrogen) atoms. The third kappa shape index (κ3) is 3.69. The number of nitrogens with one attached hydrogen (secondary N) is 1. The number of hydrogen-bond acceptors (Lipinski definition) is 5. The molecule has 1 aromatic carbocycles. The van der Waals surface area contributed by atoms with E-state index in [1.807, 2.05) is 37.3 Å². The molecular weight excluding hydrogens is 430 g/mol. The fraction of sp³-hybridized carbons (Fsp3) is 0.464. The number of amides is 1. The second kappa shape index (κ2) is 8.75. The van der Waals surface area contributed by atoms with E-state index < -0.39 is 52.3 Å². The van der Waals surface area contributed by atoms with Crippen LogP contribution >= 0.6 is 0 Å². The van der Waals surface area contributed by atoms with Gasteiger partial charge in [0.05, 0.1) is 6.10 Å². The molecule has 0 radical (unpaired) electrons. The minimum absolute atomic E-state index is 0.309. The molecule has 3 aliphatic rings. The number of carbonyl (C=O) groups excluding carboxylic acids is 3. The highest BCUT2D eigenvalue weighted by Crippen LogP contribution is 2.56. The lowest BCUT2D eigenvalue weighted by molar-refractivity contribution is -0.148. The Morgan fingerprint density at radius 2 is 1.82 bits per heavy atom. The van der Waals surface area contributed by atoms with Gasteiger partial charge in [-0.25, -0.2) is 0 Å². The predicted octanol–water partition coefficient (Wildman–Crippen LogP) is 2.55. The molecule has 4 rings (SSSR count). The number of rotatable bonds is 2. The summed E-state index contributed by atoms with van der Waals surface area (Å²) in [6.45, 7) is 9.11. The number of aliphatic hydroxyl groups is 2. The molecule has 1 saturated carbocycles. The lowest BCUT2D eigenvalue weighted by Crippen LogP contribution is -2.58. The molecule has 2 fully saturated rings. The molecule has 180 valence electrons. The molecule has 8 atom stereocenters. The molecule has 0 bridgehead atoms. The van der Waals surface area contributed by atoms with Gasteiger partial charge in [0.15, 0.2) is 11.6 Å². The number of allylic oxidation sites excluding steroid dienone is 2. The van der Waals surface area contributed by atoms with E-state index in [0.717, 1.165) is 5.56 Å². The quantitative estimate of drug-likeness (QED) is 0.462. The molecule has 1 aromatic rings. The maximum absolute atomic E-state index is 13.9. The minimum atomic E-state index is -1.84. The second-order valence-electron chi connectivity index (χ2n) is 10.3. The Labute approximate surface area is 200 Å². The summed E-state index contributed by atoms with van der Waals surface area (Å²) in [5.74, 6) is -3.44. The van der Waals surface area contributed by atoms with E-state index in [1.165, 1.54) is 19.1 Å². The Morgan fingerprint density at radius 3 is 2.50 bits per heavy atom. The fourth-order valence-corrected chi connectivity index (χ4v) is 6.18. The van der Waals surface area contributed by atoms with E-state index in [1.54, 1.807) is 19.1 Å². The number of carbonyl (C=O) groups is 3. The van der Waals surface area contributed by atoms with E-state index in [0.29, 0.717) is 18.4 Å². The monoisotopic (exact) mass is 463 g/mol. The van der Waals surface area contributed by atoms with E-state index in [4.69, 9.17) is 0 Å². The van der Waals surface area contributed by atoms with Crippen LogP contribution in [0.4, 0.5) is 0 Å². The summed E-state index contributed by atoms with van der Waals surface area (Å²) in [4.78, 5) is 40.4. The molecule has 1 saturated heterocycles. The van der Waals surface area contributed by atoms with Crippen LogP contribution < -0.4 is 5.32 Å². The van der Waals surface area contributed by atoms with Gasteiger partial charge in [-0.15, -0.1) is 0 Å². The summed E-state index contributed by atoms with van der Waals surface area (Å²) in [5, 5.41) is 25.1. The first-order valence-corrected chi connectivity index (χ1v) is 11.9. The van der Waals surface area contributed by atoms with Crippen LogP contribution in [0.2, 0.25) is 0 Å². The van der Waals surface area contributed by atoms with Gasteiger partial charge in [0.1, 0.15) is 11.0 Å². The molecule has 1 spiro atoms. The average molecular weight is 464 g/mol. The molecule has 1 amide bonds. The topological polar surface area (TPSA) is 104 Å². The van der Waals surface area contributed by atoms with Crippen molar-refractivity contribution in [2.45, 2.75) is 51.4 Å². The summed E-state index contributed by atoms with van der Waals surface area (Å²) in [5.41, 5.74) is -1.79. The molecule has 1 heterocycles. The van der Waals surface area contributed by atoms with E-state index in [9.17, 15) is 24.6 Å². The lowest BCUT2D eigenvalue weighted by Gasteiger charge is -2.48. The Balaban J connectivity index is 1.88. The maximum Gasteiger partial charge on any atom is 0.235 e. The largest absolute Gasteiger partial charge is 0.388 e. The first kappa shape index (κ1) is 24.3. The molecular formula is C28H33NO5. The molecule has 8 unspecified atom stereocenters. The molecule has 3 N–H and O–H groups in total. The lowest BCUT2D eigenvalue weighted by atomic mass is 9.52. The van der Waals surface area contributed by atoms with Gasteiger partial charge < -0.3 is 15.5 Å². The summed E-state index contributed by atoms with van der Waals surface area (Å²) in [6.07, 6.45) is 5.57. The predicted molar refractivity (Wildman–Crippen MR) is 128 cm³/mol. The van der Waals surface area contributed by atoms with E-state index in [2.05, 4.69) is 11.9 Å². The molecule has 6 nitrogen and oxygen atoms in total. The van der Waals surface area contributed by atoms with Crippen LogP contribution in [0.25, 0.3) is 0 Å². The molecule has 0 aromatic heterocycles. The number of ketones is 2. The molecule has 2 aliphatic carbocycles. The zero-order chi connectivity index (χ0) is 24.8. The van der Waals surface area contributed by atoms with Crippen molar-refractivity contribution in [2.75, 3.05) is 0 Å². The van der Waals surface area contributed by atoms with Crippen molar-refractivity contribution in [3.8, 4) is 0 Å². The number of Topliss-reactive ketones (excluding diaryl/α,β-unsaturated/α-hetero) is 1. The smallest absolute Gasteiger partial charge is 0.235 e. The van der Waals surface area contributed by atoms with Crippen LogP contribution in [0.5, 0.6) is 0 Å². The van der Waals surface area contributed by atoms with Crippen molar-refractivity contribution < 1.29 is 24.6 Å². The van der Waals surface area contributed by atoms with Gasteiger partial charge in [-0.05, 0) is 49.0 Å². The number of benzene rings is 1. The van der Waals surface area contributed by atoms with Crippen molar-refractivity contribution in [3.63, 3.8) is 0 Å². The van der Waals surface area contributed by atoms with Gasteiger partial charge in [0.2, 0.25) is 5.91 Å². The van der Waals surface area contributed by atoms with Gasteiger partial charge in [-0.1, -0.05) is 62.9 Å². The molecule has 1 aliphatic heterocycles. The Morgan fingerprint density at radius 1 is 1.15 bits per heavy atom. The Bertz CT molecular complexity index is 1070. The summed E-state index contributed by atoms with van der Waals surface area (Å²) in [7, 11) is 0. The average Bonchev–Trinajstić information content (AvgIpc) is 3.09.